The number of hydrogen-bond acceptors (Lipinski definition) is 6. The van der Waals surface area contributed by atoms with Crippen LogP contribution in [0.4, 0.5) is 0 Å². The van der Waals surface area contributed by atoms with E-state index in [2.05, 4.69) is 142 Å². The number of rotatable bonds is 63. The number of unbranched alkanes of at least 4 members (excludes halogenated alkanes) is 32. The molecule has 0 saturated heterocycles. The minimum absolute atomic E-state index is 0.0988. The van der Waals surface area contributed by atoms with E-state index in [1.54, 1.807) is 0 Å². The number of hydrogen-bond donors (Lipinski definition) is 0. The van der Waals surface area contributed by atoms with Gasteiger partial charge in [0.2, 0.25) is 0 Å². The molecule has 0 amide bonds. The molecule has 6 heteroatoms. The Balaban J connectivity index is 4.41. The average molecular weight is 1150 g/mol. The summed E-state index contributed by atoms with van der Waals surface area (Å²) in [6.45, 7) is 6.40. The fourth-order valence-electron chi connectivity index (χ4n) is 9.80. The molecule has 6 nitrogen and oxygen atoms in total. The maximum absolute atomic E-state index is 13.0. The van der Waals surface area contributed by atoms with Crippen LogP contribution in [0.2, 0.25) is 0 Å². The highest BCUT2D eigenvalue weighted by molar-refractivity contribution is 5.71. The van der Waals surface area contributed by atoms with Crippen molar-refractivity contribution in [1.82, 2.24) is 0 Å². The molecular formula is C77H130O6. The zero-order chi connectivity index (χ0) is 59.9. The highest BCUT2D eigenvalue weighted by Gasteiger charge is 2.19. The Labute approximate surface area is 513 Å². The van der Waals surface area contributed by atoms with Gasteiger partial charge in [0.05, 0.1) is 0 Å². The van der Waals surface area contributed by atoms with Crippen molar-refractivity contribution in [1.29, 1.82) is 0 Å². The molecule has 0 aliphatic rings. The molecule has 0 aromatic heterocycles. The van der Waals surface area contributed by atoms with Gasteiger partial charge in [0.1, 0.15) is 13.2 Å². The van der Waals surface area contributed by atoms with Gasteiger partial charge in [0.25, 0.3) is 0 Å². The molecule has 0 aliphatic heterocycles. The lowest BCUT2D eigenvalue weighted by atomic mass is 10.0. The summed E-state index contributed by atoms with van der Waals surface area (Å²) < 4.78 is 16.9. The average Bonchev–Trinajstić information content (AvgIpc) is 3.49. The van der Waals surface area contributed by atoms with E-state index >= 15 is 0 Å². The van der Waals surface area contributed by atoms with Crippen LogP contribution in [0.25, 0.3) is 0 Å². The Kier molecular flexibility index (Phi) is 66.7. The molecule has 0 spiro atoms. The van der Waals surface area contributed by atoms with Crippen molar-refractivity contribution >= 4 is 17.9 Å². The van der Waals surface area contributed by atoms with E-state index in [4.69, 9.17) is 14.2 Å². The molecule has 83 heavy (non-hydrogen) atoms. The van der Waals surface area contributed by atoms with Gasteiger partial charge in [0.15, 0.2) is 6.10 Å². The fourth-order valence-corrected chi connectivity index (χ4v) is 9.80. The largest absolute Gasteiger partial charge is 0.462 e. The van der Waals surface area contributed by atoms with E-state index in [1.807, 2.05) is 0 Å². The van der Waals surface area contributed by atoms with Crippen LogP contribution in [0.1, 0.15) is 329 Å². The molecule has 0 saturated carbocycles. The van der Waals surface area contributed by atoms with Gasteiger partial charge >= 0.3 is 17.9 Å². The summed E-state index contributed by atoms with van der Waals surface area (Å²) >= 11 is 0. The van der Waals surface area contributed by atoms with Crippen LogP contribution >= 0.6 is 0 Å². The second-order valence-corrected chi connectivity index (χ2v) is 23.0. The van der Waals surface area contributed by atoms with Crippen LogP contribution in [0.5, 0.6) is 0 Å². The smallest absolute Gasteiger partial charge is 0.306 e. The van der Waals surface area contributed by atoms with Crippen LogP contribution in [0, 0.1) is 0 Å². The molecular weight excluding hydrogens is 1020 g/mol. The summed E-state index contributed by atoms with van der Waals surface area (Å²) in [6, 6.07) is 0. The first kappa shape index (κ1) is 78.8. The van der Waals surface area contributed by atoms with Gasteiger partial charge in [-0.1, -0.05) is 328 Å². The molecule has 0 N–H and O–H groups in total. The number of allylic oxidation sites excluding steroid dienone is 20. The molecule has 474 valence electrons. The Morgan fingerprint density at radius 3 is 0.783 bits per heavy atom. The van der Waals surface area contributed by atoms with Crippen LogP contribution in [0.15, 0.2) is 122 Å². The molecule has 0 radical (unpaired) electrons. The lowest BCUT2D eigenvalue weighted by Crippen LogP contribution is -2.30. The third kappa shape index (κ3) is 68.5. The van der Waals surface area contributed by atoms with Crippen molar-refractivity contribution < 1.29 is 28.6 Å². The zero-order valence-electron chi connectivity index (χ0n) is 54.4. The molecule has 0 aromatic rings. The molecule has 0 aromatic carbocycles. The lowest BCUT2D eigenvalue weighted by Gasteiger charge is -2.18. The fraction of sp³-hybridized carbons (Fsp3) is 0.701. The van der Waals surface area contributed by atoms with Gasteiger partial charge in [-0.05, 0) is 103 Å². The first-order valence-corrected chi connectivity index (χ1v) is 35.0. The third-order valence-corrected chi connectivity index (χ3v) is 15.0. The van der Waals surface area contributed by atoms with E-state index < -0.39 is 6.10 Å². The number of ether oxygens (including phenoxy) is 3. The summed E-state index contributed by atoms with van der Waals surface area (Å²) in [4.78, 5) is 38.5. The van der Waals surface area contributed by atoms with E-state index in [0.29, 0.717) is 19.3 Å². The van der Waals surface area contributed by atoms with Gasteiger partial charge < -0.3 is 14.2 Å². The molecule has 0 rings (SSSR count). The van der Waals surface area contributed by atoms with Gasteiger partial charge in [-0.2, -0.15) is 0 Å². The van der Waals surface area contributed by atoms with Crippen LogP contribution < -0.4 is 0 Å². The van der Waals surface area contributed by atoms with Crippen molar-refractivity contribution in [2.24, 2.45) is 0 Å². The molecule has 0 bridgehead atoms. The number of esters is 3. The SMILES string of the molecule is CC/C=C\C/C=C\C/C=C\C/C=C\C/C=C\CCCCCCCCCCCC(=O)OCC(COC(=O)CCC/C=C\C/C=C\C/C=C\C/C=C\C/C=C\CC)OC(=O)CCCCCCCCCCCCCCCCCCCCCCCCC. The topological polar surface area (TPSA) is 78.9 Å². The summed E-state index contributed by atoms with van der Waals surface area (Å²) in [5.74, 6) is -0.952. The Morgan fingerprint density at radius 1 is 0.253 bits per heavy atom. The first-order valence-electron chi connectivity index (χ1n) is 35.0. The lowest BCUT2D eigenvalue weighted by molar-refractivity contribution is -0.167. The third-order valence-electron chi connectivity index (χ3n) is 15.0. The second kappa shape index (κ2) is 70.3. The summed E-state index contributed by atoms with van der Waals surface area (Å²) in [6.07, 6.45) is 98.0. The van der Waals surface area contributed by atoms with Gasteiger partial charge in [-0.25, -0.2) is 0 Å². The molecule has 1 unspecified atom stereocenters. The molecule has 0 fully saturated rings. The second-order valence-electron chi connectivity index (χ2n) is 23.0. The quantitative estimate of drug-likeness (QED) is 0.0261. The minimum atomic E-state index is -0.807. The van der Waals surface area contributed by atoms with E-state index in [0.717, 1.165) is 116 Å². The number of carbonyl (C=O) groups excluding carboxylic acids is 3. The minimum Gasteiger partial charge on any atom is -0.462 e. The van der Waals surface area contributed by atoms with Gasteiger partial charge in [-0.15, -0.1) is 0 Å². The highest BCUT2D eigenvalue weighted by Crippen LogP contribution is 2.17. The van der Waals surface area contributed by atoms with Crippen molar-refractivity contribution in [3.63, 3.8) is 0 Å². The van der Waals surface area contributed by atoms with E-state index in [1.165, 1.54) is 167 Å². The van der Waals surface area contributed by atoms with Crippen molar-refractivity contribution in [2.45, 2.75) is 335 Å². The van der Waals surface area contributed by atoms with E-state index in [9.17, 15) is 14.4 Å². The maximum atomic E-state index is 13.0. The van der Waals surface area contributed by atoms with Crippen LogP contribution in [0.3, 0.4) is 0 Å². The number of carbonyl (C=O) groups is 3. The van der Waals surface area contributed by atoms with Crippen molar-refractivity contribution in [3.8, 4) is 0 Å². The first-order chi connectivity index (χ1) is 41.0. The summed E-state index contributed by atoms with van der Waals surface area (Å²) in [5, 5.41) is 0. The summed E-state index contributed by atoms with van der Waals surface area (Å²) in [7, 11) is 0. The monoisotopic (exact) mass is 1150 g/mol. The molecule has 1 atom stereocenters. The standard InChI is InChI=1S/C77H130O6/c1-4-7-10-13-16-19-22-25-28-31-33-35-37-38-40-41-43-46-49-52-55-58-61-64-67-70-76(79)82-73-74(72-81-75(78)69-66-63-60-57-54-51-48-45-30-27-24-21-18-15-12-9-6-3)83-77(80)71-68-65-62-59-56-53-50-47-44-42-39-36-34-32-29-26-23-20-17-14-11-8-5-2/h7,9-10,12,16,18-19,21,25,27-28,30,33,35,38,40,48,51,57,60,74H,4-6,8,11,13-15,17,20,22-24,26,29,31-32,34,36-37,39,41-47,49-50,52-56,58-59,61-73H2,1-3H3/b10-7-,12-9-,19-16-,21-18-,28-25-,30-27-,35-33-,40-38-,51-48-,60-57-. The van der Waals surface area contributed by atoms with Crippen molar-refractivity contribution in [2.75, 3.05) is 13.2 Å². The predicted octanol–water partition coefficient (Wildman–Crippen LogP) is 24.3. The van der Waals surface area contributed by atoms with Crippen LogP contribution in [-0.2, 0) is 28.6 Å². The Bertz CT molecular complexity index is 1700. The van der Waals surface area contributed by atoms with Crippen molar-refractivity contribution in [3.05, 3.63) is 122 Å². The normalized spacial score (nSPS) is 12.9. The molecule has 0 aliphatic carbocycles. The predicted molar refractivity (Wildman–Crippen MR) is 362 cm³/mol. The zero-order valence-corrected chi connectivity index (χ0v) is 54.4. The highest BCUT2D eigenvalue weighted by atomic mass is 16.6. The molecule has 0 heterocycles. The Morgan fingerprint density at radius 2 is 0.482 bits per heavy atom. The van der Waals surface area contributed by atoms with Gasteiger partial charge in [-0.3, -0.25) is 14.4 Å². The van der Waals surface area contributed by atoms with E-state index in [-0.39, 0.29) is 37.5 Å². The maximum Gasteiger partial charge on any atom is 0.306 e. The Hall–Kier alpha value is -4.19. The summed E-state index contributed by atoms with van der Waals surface area (Å²) in [5.41, 5.74) is 0. The van der Waals surface area contributed by atoms with Gasteiger partial charge in [0, 0.05) is 19.3 Å². The van der Waals surface area contributed by atoms with Crippen LogP contribution in [-0.4, -0.2) is 37.2 Å².